The van der Waals surface area contributed by atoms with Gasteiger partial charge < -0.3 is 5.32 Å². The summed E-state index contributed by atoms with van der Waals surface area (Å²) >= 11 is 17.2. The first-order valence-corrected chi connectivity index (χ1v) is 6.87. The molecule has 0 aromatic carbocycles. The fraction of sp³-hybridized carbons (Fsp3) is 0.667. The van der Waals surface area contributed by atoms with Crippen molar-refractivity contribution in [1.82, 2.24) is 9.62 Å². The third kappa shape index (κ3) is 7.71. The number of hydrogen-bond donors (Lipinski definition) is 1. The van der Waals surface area contributed by atoms with E-state index in [-0.39, 0.29) is 0 Å². The minimum absolute atomic E-state index is 0.403. The highest BCUT2D eigenvalue weighted by atomic mass is 35.6. The van der Waals surface area contributed by atoms with Crippen molar-refractivity contribution >= 4 is 65.0 Å². The molecule has 110 valence electrons. The number of oxime groups is 1. The minimum atomic E-state index is -1.68. The van der Waals surface area contributed by atoms with Gasteiger partial charge in [-0.15, -0.1) is 0 Å². The van der Waals surface area contributed by atoms with Crippen LogP contribution in [-0.4, -0.2) is 38.2 Å². The van der Waals surface area contributed by atoms with Crippen molar-refractivity contribution < 1.29 is 14.4 Å². The van der Waals surface area contributed by atoms with Crippen LogP contribution in [0.4, 0.5) is 4.79 Å². The standard InChI is InChI=1S/C9H14Cl3N3O3S/c1-6(8(2,3)13-5-16)14-18-7(17)15(4)19-9(10,11)12/h5H,1-4H3,(H,13,16). The molecule has 6 nitrogen and oxygen atoms in total. The quantitative estimate of drug-likeness (QED) is 0.207. The predicted octanol–water partition coefficient (Wildman–Crippen LogP) is 2.93. The van der Waals surface area contributed by atoms with Crippen LogP contribution in [0.25, 0.3) is 0 Å². The lowest BCUT2D eigenvalue weighted by atomic mass is 10.0. The van der Waals surface area contributed by atoms with Crippen molar-refractivity contribution in [2.45, 2.75) is 29.4 Å². The molecule has 0 saturated carbocycles. The zero-order valence-corrected chi connectivity index (χ0v) is 13.8. The van der Waals surface area contributed by atoms with Gasteiger partial charge in [0, 0.05) is 19.0 Å². The van der Waals surface area contributed by atoms with Crippen LogP contribution < -0.4 is 5.32 Å². The average Bonchev–Trinajstić information content (AvgIpc) is 2.22. The van der Waals surface area contributed by atoms with Gasteiger partial charge >= 0.3 is 6.09 Å². The zero-order chi connectivity index (χ0) is 15.3. The molecule has 0 aromatic heterocycles. The number of amides is 2. The maximum atomic E-state index is 11.5. The predicted molar refractivity (Wildman–Crippen MR) is 78.5 cm³/mol. The summed E-state index contributed by atoms with van der Waals surface area (Å²) < 4.78 is -0.686. The Morgan fingerprint density at radius 3 is 2.37 bits per heavy atom. The Labute approximate surface area is 130 Å². The summed E-state index contributed by atoms with van der Waals surface area (Å²) in [7, 11) is 1.37. The second-order valence-electron chi connectivity index (χ2n) is 3.96. The number of nitrogens with one attached hydrogen (secondary N) is 1. The van der Waals surface area contributed by atoms with E-state index in [1.165, 1.54) is 7.05 Å². The second-order valence-corrected chi connectivity index (χ2v) is 8.25. The summed E-state index contributed by atoms with van der Waals surface area (Å²) in [6, 6.07) is 0. The van der Waals surface area contributed by atoms with E-state index < -0.39 is 14.8 Å². The van der Waals surface area contributed by atoms with Crippen LogP contribution in [0.5, 0.6) is 0 Å². The Morgan fingerprint density at radius 1 is 1.42 bits per heavy atom. The Bertz CT molecular complexity index is 371. The normalized spacial score (nSPS) is 12.9. The van der Waals surface area contributed by atoms with Gasteiger partial charge in [0.25, 0.3) is 3.12 Å². The molecule has 1 N–H and O–H groups in total. The van der Waals surface area contributed by atoms with Gasteiger partial charge in [0.15, 0.2) is 0 Å². The summed E-state index contributed by atoms with van der Waals surface area (Å²) in [5, 5.41) is 6.15. The number of carbonyl (C=O) groups is 2. The van der Waals surface area contributed by atoms with Crippen LogP contribution in [0.15, 0.2) is 5.16 Å². The van der Waals surface area contributed by atoms with Gasteiger partial charge in [0.2, 0.25) is 6.41 Å². The maximum absolute atomic E-state index is 11.5. The lowest BCUT2D eigenvalue weighted by Crippen LogP contribution is -2.45. The summed E-state index contributed by atoms with van der Waals surface area (Å²) in [6.45, 7) is 5.01. The SMILES string of the molecule is CC(=NOC(=O)N(C)SC(Cl)(Cl)Cl)C(C)(C)NC=O. The molecule has 0 heterocycles. The van der Waals surface area contributed by atoms with Crippen molar-refractivity contribution in [3.05, 3.63) is 0 Å². The fourth-order valence-electron chi connectivity index (χ4n) is 0.723. The van der Waals surface area contributed by atoms with Gasteiger partial charge in [-0.2, -0.15) is 0 Å². The Kier molecular flexibility index (Phi) is 7.28. The van der Waals surface area contributed by atoms with E-state index in [9.17, 15) is 9.59 Å². The average molecular weight is 351 g/mol. The number of carbonyl (C=O) groups excluding carboxylic acids is 2. The van der Waals surface area contributed by atoms with Gasteiger partial charge in [-0.1, -0.05) is 40.0 Å². The van der Waals surface area contributed by atoms with Crippen LogP contribution in [0.1, 0.15) is 20.8 Å². The number of halogens is 3. The van der Waals surface area contributed by atoms with Crippen LogP contribution in [0, 0.1) is 0 Å². The number of alkyl halides is 3. The molecule has 0 bridgehead atoms. The monoisotopic (exact) mass is 349 g/mol. The van der Waals surface area contributed by atoms with E-state index in [0.29, 0.717) is 24.1 Å². The van der Waals surface area contributed by atoms with Gasteiger partial charge in [0.05, 0.1) is 11.3 Å². The first-order chi connectivity index (χ1) is 8.49. The maximum Gasteiger partial charge on any atom is 0.445 e. The van der Waals surface area contributed by atoms with E-state index in [1.807, 2.05) is 0 Å². The summed E-state index contributed by atoms with van der Waals surface area (Å²) in [4.78, 5) is 26.6. The molecule has 0 saturated heterocycles. The van der Waals surface area contributed by atoms with Gasteiger partial charge in [0.1, 0.15) is 0 Å². The molecule has 10 heteroatoms. The van der Waals surface area contributed by atoms with Crippen molar-refractivity contribution in [2.24, 2.45) is 5.16 Å². The smallest absolute Gasteiger partial charge is 0.348 e. The van der Waals surface area contributed by atoms with E-state index in [0.717, 1.165) is 4.31 Å². The number of nitrogens with zero attached hydrogens (tertiary/aromatic N) is 2. The van der Waals surface area contributed by atoms with Gasteiger partial charge in [-0.05, 0) is 20.8 Å². The van der Waals surface area contributed by atoms with Crippen LogP contribution in [-0.2, 0) is 9.63 Å². The first-order valence-electron chi connectivity index (χ1n) is 4.96. The Balaban J connectivity index is 4.54. The van der Waals surface area contributed by atoms with E-state index in [4.69, 9.17) is 34.8 Å². The molecule has 0 aliphatic carbocycles. The highest BCUT2D eigenvalue weighted by molar-refractivity contribution is 8.03. The molecule has 2 amide bonds. The molecular weight excluding hydrogens is 337 g/mol. The molecule has 0 aromatic rings. The fourth-order valence-corrected chi connectivity index (χ4v) is 2.07. The number of rotatable bonds is 5. The van der Waals surface area contributed by atoms with E-state index >= 15 is 0 Å². The topological polar surface area (TPSA) is 71.0 Å². The first kappa shape index (κ1) is 18.6. The largest absolute Gasteiger partial charge is 0.445 e. The molecule has 0 atom stereocenters. The molecule has 0 spiro atoms. The minimum Gasteiger partial charge on any atom is -0.348 e. The van der Waals surface area contributed by atoms with Crippen molar-refractivity contribution in [2.75, 3.05) is 7.05 Å². The lowest BCUT2D eigenvalue weighted by Gasteiger charge is -2.23. The van der Waals surface area contributed by atoms with Gasteiger partial charge in [-0.3, -0.25) is 9.63 Å². The highest BCUT2D eigenvalue weighted by Crippen LogP contribution is 2.40. The van der Waals surface area contributed by atoms with Crippen LogP contribution >= 0.6 is 46.8 Å². The Hall–Kier alpha value is -0.370. The van der Waals surface area contributed by atoms with Crippen molar-refractivity contribution in [1.29, 1.82) is 0 Å². The molecule has 19 heavy (non-hydrogen) atoms. The summed E-state index contributed by atoms with van der Waals surface area (Å²) in [5.74, 6) is 0. The number of hydrogen-bond acceptors (Lipinski definition) is 5. The third-order valence-corrected chi connectivity index (χ3v) is 3.33. The summed E-state index contributed by atoms with van der Waals surface area (Å²) in [5.41, 5.74) is -0.330. The molecule has 0 aliphatic rings. The van der Waals surface area contributed by atoms with Crippen LogP contribution in [0.3, 0.4) is 0 Å². The molecule has 0 unspecified atom stereocenters. The second kappa shape index (κ2) is 7.42. The Morgan fingerprint density at radius 2 is 1.95 bits per heavy atom. The summed E-state index contributed by atoms with van der Waals surface area (Å²) in [6.07, 6.45) is -0.274. The third-order valence-electron chi connectivity index (χ3n) is 2.08. The lowest BCUT2D eigenvalue weighted by molar-refractivity contribution is -0.110. The van der Waals surface area contributed by atoms with E-state index in [1.54, 1.807) is 20.8 Å². The van der Waals surface area contributed by atoms with Crippen LogP contribution in [0.2, 0.25) is 0 Å². The van der Waals surface area contributed by atoms with Gasteiger partial charge in [-0.25, -0.2) is 9.10 Å². The van der Waals surface area contributed by atoms with Crippen molar-refractivity contribution in [3.8, 4) is 0 Å². The molecule has 0 fully saturated rings. The van der Waals surface area contributed by atoms with E-state index in [2.05, 4.69) is 15.3 Å². The zero-order valence-electron chi connectivity index (χ0n) is 10.7. The molecule has 0 radical (unpaired) electrons. The molecular formula is C9H14Cl3N3O3S. The highest BCUT2D eigenvalue weighted by Gasteiger charge is 2.28. The van der Waals surface area contributed by atoms with Crippen molar-refractivity contribution in [3.63, 3.8) is 0 Å². The molecule has 0 aliphatic heterocycles. The molecule has 0 rings (SSSR count).